The van der Waals surface area contributed by atoms with Crippen molar-refractivity contribution in [1.29, 1.82) is 0 Å². The summed E-state index contributed by atoms with van der Waals surface area (Å²) >= 11 is 0. The summed E-state index contributed by atoms with van der Waals surface area (Å²) in [6.07, 6.45) is 0.588. The van der Waals surface area contributed by atoms with Crippen LogP contribution in [0.1, 0.15) is 30.1 Å². The van der Waals surface area contributed by atoms with E-state index in [-0.39, 0.29) is 25.1 Å². The quantitative estimate of drug-likeness (QED) is 0.806. The number of ether oxygens (including phenoxy) is 1. The fraction of sp³-hybridized carbons (Fsp3) is 0.429. The molecule has 1 aliphatic rings. The lowest BCUT2D eigenvalue weighted by Gasteiger charge is -2.21. The van der Waals surface area contributed by atoms with Crippen molar-refractivity contribution in [1.82, 2.24) is 4.31 Å². The normalized spacial score (nSPS) is 18.8. The number of hydrogen-bond donors (Lipinski definition) is 1. The molecule has 0 amide bonds. The molecule has 1 atom stereocenters. The van der Waals surface area contributed by atoms with Crippen molar-refractivity contribution in [3.8, 4) is 0 Å². The molecule has 0 saturated carbocycles. The Morgan fingerprint density at radius 2 is 2.09 bits per heavy atom. The van der Waals surface area contributed by atoms with Crippen LogP contribution in [-0.2, 0) is 19.6 Å². The summed E-state index contributed by atoms with van der Waals surface area (Å²) < 4.78 is 44.4. The molecule has 126 valence electrons. The summed E-state index contributed by atoms with van der Waals surface area (Å²) in [7, 11) is -4.22. The van der Waals surface area contributed by atoms with Gasteiger partial charge in [-0.25, -0.2) is 17.6 Å². The minimum Gasteiger partial charge on any atom is -0.480 e. The molecule has 0 aliphatic carbocycles. The lowest BCUT2D eigenvalue weighted by atomic mass is 10.2. The first-order valence-electron chi connectivity index (χ1n) is 6.99. The van der Waals surface area contributed by atoms with E-state index in [1.807, 2.05) is 0 Å². The highest BCUT2D eigenvalue weighted by atomic mass is 32.2. The second-order valence-electron chi connectivity index (χ2n) is 5.01. The number of rotatable bonds is 5. The average Bonchev–Trinajstić information content (AvgIpc) is 2.97. The van der Waals surface area contributed by atoms with Crippen LogP contribution in [0.5, 0.6) is 0 Å². The van der Waals surface area contributed by atoms with Gasteiger partial charge in [-0.1, -0.05) is 0 Å². The Kier molecular flexibility index (Phi) is 5.00. The van der Waals surface area contributed by atoms with Gasteiger partial charge in [0.25, 0.3) is 0 Å². The number of nitrogens with zero attached hydrogens (tertiary/aromatic N) is 1. The Bertz CT molecular complexity index is 733. The Morgan fingerprint density at radius 3 is 2.70 bits per heavy atom. The zero-order valence-corrected chi connectivity index (χ0v) is 13.2. The molecular formula is C14H16FNO6S. The van der Waals surface area contributed by atoms with E-state index in [9.17, 15) is 22.4 Å². The number of carboxylic acids is 1. The van der Waals surface area contributed by atoms with Crippen molar-refractivity contribution >= 4 is 22.0 Å². The number of halogens is 1. The number of esters is 1. The van der Waals surface area contributed by atoms with Crippen molar-refractivity contribution in [2.75, 3.05) is 13.2 Å². The summed E-state index contributed by atoms with van der Waals surface area (Å²) in [5, 5.41) is 9.11. The van der Waals surface area contributed by atoms with E-state index < -0.39 is 38.7 Å². The van der Waals surface area contributed by atoms with Gasteiger partial charge in [0.1, 0.15) is 11.9 Å². The van der Waals surface area contributed by atoms with E-state index in [1.54, 1.807) is 6.92 Å². The van der Waals surface area contributed by atoms with Gasteiger partial charge in [0.15, 0.2) is 0 Å². The fourth-order valence-electron chi connectivity index (χ4n) is 2.45. The number of aliphatic carboxylic acids is 1. The van der Waals surface area contributed by atoms with Gasteiger partial charge >= 0.3 is 11.9 Å². The van der Waals surface area contributed by atoms with Crippen LogP contribution < -0.4 is 0 Å². The van der Waals surface area contributed by atoms with Crippen LogP contribution in [0.3, 0.4) is 0 Å². The second-order valence-corrected chi connectivity index (χ2v) is 6.90. The molecule has 0 spiro atoms. The van der Waals surface area contributed by atoms with E-state index in [0.717, 1.165) is 22.5 Å². The number of hydrogen-bond acceptors (Lipinski definition) is 5. The third-order valence-corrected chi connectivity index (χ3v) is 5.36. The lowest BCUT2D eigenvalue weighted by Crippen LogP contribution is -2.40. The fourth-order valence-corrected chi connectivity index (χ4v) is 4.16. The number of carbonyl (C=O) groups excluding carboxylic acids is 1. The molecule has 0 aromatic heterocycles. The first kappa shape index (κ1) is 17.4. The topological polar surface area (TPSA) is 101 Å². The van der Waals surface area contributed by atoms with Crippen molar-refractivity contribution in [2.45, 2.75) is 30.7 Å². The van der Waals surface area contributed by atoms with Crippen LogP contribution in [0, 0.1) is 5.82 Å². The van der Waals surface area contributed by atoms with Crippen molar-refractivity contribution < 1.29 is 32.2 Å². The molecule has 1 heterocycles. The zero-order valence-electron chi connectivity index (χ0n) is 12.4. The Morgan fingerprint density at radius 1 is 1.39 bits per heavy atom. The molecule has 2 rings (SSSR count). The summed E-state index contributed by atoms with van der Waals surface area (Å²) in [5.74, 6) is -3.02. The largest absolute Gasteiger partial charge is 0.480 e. The van der Waals surface area contributed by atoms with Crippen LogP contribution in [0.2, 0.25) is 0 Å². The minimum absolute atomic E-state index is 0.0323. The van der Waals surface area contributed by atoms with Crippen molar-refractivity contribution in [2.24, 2.45) is 0 Å². The van der Waals surface area contributed by atoms with E-state index in [4.69, 9.17) is 9.84 Å². The molecule has 1 saturated heterocycles. The number of sulfonamides is 1. The Labute approximate surface area is 132 Å². The number of benzene rings is 1. The predicted octanol–water partition coefficient (Wildman–Crippen LogP) is 1.24. The smallest absolute Gasteiger partial charge is 0.338 e. The molecule has 1 aliphatic heterocycles. The molecule has 7 nitrogen and oxygen atoms in total. The highest BCUT2D eigenvalue weighted by Gasteiger charge is 2.39. The molecule has 1 fully saturated rings. The minimum atomic E-state index is -4.22. The first-order valence-corrected chi connectivity index (χ1v) is 8.43. The summed E-state index contributed by atoms with van der Waals surface area (Å²) in [6.45, 7) is 1.66. The molecule has 0 bridgehead atoms. The summed E-state index contributed by atoms with van der Waals surface area (Å²) in [6, 6.07) is 1.44. The van der Waals surface area contributed by atoms with Gasteiger partial charge < -0.3 is 9.84 Å². The van der Waals surface area contributed by atoms with Crippen LogP contribution in [0.25, 0.3) is 0 Å². The summed E-state index contributed by atoms with van der Waals surface area (Å²) in [5.41, 5.74) is -0.239. The molecule has 1 aromatic carbocycles. The van der Waals surface area contributed by atoms with Crippen LogP contribution in [-0.4, -0.2) is 49.0 Å². The average molecular weight is 345 g/mol. The third-order valence-electron chi connectivity index (χ3n) is 3.48. The molecular weight excluding hydrogens is 329 g/mol. The molecule has 1 unspecified atom stereocenters. The highest BCUT2D eigenvalue weighted by Crippen LogP contribution is 2.27. The molecule has 1 N–H and O–H groups in total. The molecule has 0 radical (unpaired) electrons. The maximum atomic E-state index is 13.7. The predicted molar refractivity (Wildman–Crippen MR) is 76.9 cm³/mol. The standard InChI is InChI=1S/C14H16FNO6S/c1-2-22-14(19)9-6-10(15)8-11(7-9)23(20,21)16-5-3-4-12(16)13(17)18/h6-8,12H,2-5H2,1H3,(H,17,18). The van der Waals surface area contributed by atoms with E-state index >= 15 is 0 Å². The van der Waals surface area contributed by atoms with E-state index in [1.165, 1.54) is 0 Å². The summed E-state index contributed by atoms with van der Waals surface area (Å²) in [4.78, 5) is 22.4. The van der Waals surface area contributed by atoms with Crippen molar-refractivity contribution in [3.05, 3.63) is 29.6 Å². The maximum absolute atomic E-state index is 13.7. The van der Waals surface area contributed by atoms with Crippen LogP contribution in [0.15, 0.2) is 23.1 Å². The third kappa shape index (κ3) is 3.50. The van der Waals surface area contributed by atoms with Gasteiger partial charge in [0, 0.05) is 6.54 Å². The van der Waals surface area contributed by atoms with Gasteiger partial charge in [-0.05, 0) is 38.0 Å². The van der Waals surface area contributed by atoms with Gasteiger partial charge in [0.2, 0.25) is 10.0 Å². The monoisotopic (exact) mass is 345 g/mol. The van der Waals surface area contributed by atoms with Gasteiger partial charge in [-0.2, -0.15) is 4.31 Å². The molecule has 9 heteroatoms. The highest BCUT2D eigenvalue weighted by molar-refractivity contribution is 7.89. The maximum Gasteiger partial charge on any atom is 0.338 e. The van der Waals surface area contributed by atoms with Gasteiger partial charge in [-0.3, -0.25) is 4.79 Å². The van der Waals surface area contributed by atoms with Crippen LogP contribution >= 0.6 is 0 Å². The SMILES string of the molecule is CCOC(=O)c1cc(F)cc(S(=O)(=O)N2CCCC2C(=O)O)c1. The zero-order chi connectivity index (χ0) is 17.2. The first-order chi connectivity index (χ1) is 10.8. The Hall–Kier alpha value is -2.00. The van der Waals surface area contributed by atoms with Crippen molar-refractivity contribution in [3.63, 3.8) is 0 Å². The van der Waals surface area contributed by atoms with E-state index in [2.05, 4.69) is 0 Å². The number of carbonyl (C=O) groups is 2. The van der Waals surface area contributed by atoms with Gasteiger partial charge in [-0.15, -0.1) is 0 Å². The van der Waals surface area contributed by atoms with E-state index in [0.29, 0.717) is 6.42 Å². The molecule has 1 aromatic rings. The lowest BCUT2D eigenvalue weighted by molar-refractivity contribution is -0.140. The van der Waals surface area contributed by atoms with Crippen LogP contribution in [0.4, 0.5) is 4.39 Å². The number of carboxylic acid groups (broad SMARTS) is 1. The van der Waals surface area contributed by atoms with Gasteiger partial charge in [0.05, 0.1) is 17.1 Å². The Balaban J connectivity index is 2.44. The second kappa shape index (κ2) is 6.63. The molecule has 23 heavy (non-hydrogen) atoms.